The van der Waals surface area contributed by atoms with E-state index in [1.165, 1.54) is 24.1 Å². The summed E-state index contributed by atoms with van der Waals surface area (Å²) in [6, 6.07) is 0. The molecule has 0 N–H and O–H groups in total. The van der Waals surface area contributed by atoms with E-state index < -0.39 is 0 Å². The molecule has 0 aromatic carbocycles. The molecule has 2 rings (SSSR count). The molecule has 0 bridgehead atoms. The van der Waals surface area contributed by atoms with Crippen molar-refractivity contribution in [1.82, 2.24) is 4.90 Å². The number of allylic oxidation sites excluding steroid dienone is 9. The summed E-state index contributed by atoms with van der Waals surface area (Å²) in [4.78, 5) is 2.50. The Balaban J connectivity index is 2.12. The SMILES string of the molecule is CCCN(CC1=CC=C(C(C)CC)CC=C1)C1=CCC=CC=C1. The Morgan fingerprint density at radius 2 is 1.96 bits per heavy atom. The van der Waals surface area contributed by atoms with Crippen LogP contribution < -0.4 is 0 Å². The standard InChI is InChI=1S/C22H31N/c1-4-17-23(22-13-8-6-7-9-14-22)18-20-11-10-12-21(16-15-20)19(3)5-2/h6-8,10-11,13-16,19H,4-5,9,12,17-18H2,1-3H3. The maximum absolute atomic E-state index is 2.50. The molecular formula is C22H31N. The number of hydrogen-bond donors (Lipinski definition) is 0. The monoisotopic (exact) mass is 309 g/mol. The van der Waals surface area contributed by atoms with Gasteiger partial charge in [-0.1, -0.05) is 75.0 Å². The zero-order valence-corrected chi connectivity index (χ0v) is 15.0. The van der Waals surface area contributed by atoms with Crippen LogP contribution >= 0.6 is 0 Å². The van der Waals surface area contributed by atoms with Crippen molar-refractivity contribution in [3.05, 3.63) is 71.5 Å². The van der Waals surface area contributed by atoms with Gasteiger partial charge in [-0.15, -0.1) is 0 Å². The van der Waals surface area contributed by atoms with Gasteiger partial charge >= 0.3 is 0 Å². The van der Waals surface area contributed by atoms with Gasteiger partial charge in [-0.05, 0) is 43.3 Å². The van der Waals surface area contributed by atoms with Gasteiger partial charge < -0.3 is 4.90 Å². The van der Waals surface area contributed by atoms with Crippen molar-refractivity contribution in [2.24, 2.45) is 5.92 Å². The average molecular weight is 309 g/mol. The largest absolute Gasteiger partial charge is 0.367 e. The molecule has 0 amide bonds. The van der Waals surface area contributed by atoms with Crippen LogP contribution in [-0.4, -0.2) is 18.0 Å². The minimum atomic E-state index is 0.681. The van der Waals surface area contributed by atoms with E-state index >= 15 is 0 Å². The minimum absolute atomic E-state index is 0.681. The Labute approximate surface area is 142 Å². The van der Waals surface area contributed by atoms with Gasteiger partial charge in [0.15, 0.2) is 0 Å². The molecule has 124 valence electrons. The highest BCUT2D eigenvalue weighted by molar-refractivity contribution is 5.34. The summed E-state index contributed by atoms with van der Waals surface area (Å²) >= 11 is 0. The Bertz CT molecular complexity index is 555. The van der Waals surface area contributed by atoms with Crippen molar-refractivity contribution in [2.45, 2.75) is 46.5 Å². The van der Waals surface area contributed by atoms with E-state index in [1.54, 1.807) is 5.57 Å². The molecule has 0 spiro atoms. The quantitative estimate of drug-likeness (QED) is 0.561. The highest BCUT2D eigenvalue weighted by atomic mass is 15.1. The molecule has 1 nitrogen and oxygen atoms in total. The summed E-state index contributed by atoms with van der Waals surface area (Å²) in [6.45, 7) is 8.95. The maximum Gasteiger partial charge on any atom is 0.0429 e. The summed E-state index contributed by atoms with van der Waals surface area (Å²) < 4.78 is 0. The smallest absolute Gasteiger partial charge is 0.0429 e. The van der Waals surface area contributed by atoms with Gasteiger partial charge in [-0.2, -0.15) is 0 Å². The molecule has 0 radical (unpaired) electrons. The van der Waals surface area contributed by atoms with E-state index in [-0.39, 0.29) is 0 Å². The molecule has 23 heavy (non-hydrogen) atoms. The lowest BCUT2D eigenvalue weighted by molar-refractivity contribution is 0.384. The lowest BCUT2D eigenvalue weighted by Crippen LogP contribution is -2.25. The Morgan fingerprint density at radius 3 is 2.74 bits per heavy atom. The normalized spacial score (nSPS) is 18.7. The van der Waals surface area contributed by atoms with Crippen LogP contribution in [0.25, 0.3) is 0 Å². The van der Waals surface area contributed by atoms with Gasteiger partial charge in [0.05, 0.1) is 0 Å². The second-order valence-corrected chi connectivity index (χ2v) is 6.47. The Hall–Kier alpha value is -1.76. The van der Waals surface area contributed by atoms with E-state index in [4.69, 9.17) is 0 Å². The van der Waals surface area contributed by atoms with Gasteiger partial charge in [0, 0.05) is 18.8 Å². The third-order valence-electron chi connectivity index (χ3n) is 4.65. The van der Waals surface area contributed by atoms with E-state index in [9.17, 15) is 0 Å². The van der Waals surface area contributed by atoms with Crippen molar-refractivity contribution in [1.29, 1.82) is 0 Å². The second-order valence-electron chi connectivity index (χ2n) is 6.47. The summed E-state index contributed by atoms with van der Waals surface area (Å²) in [5.41, 5.74) is 4.31. The number of rotatable bonds is 7. The van der Waals surface area contributed by atoms with Crippen molar-refractivity contribution >= 4 is 0 Å². The zero-order chi connectivity index (χ0) is 16.5. The fourth-order valence-electron chi connectivity index (χ4n) is 3.01. The van der Waals surface area contributed by atoms with Crippen LogP contribution in [0.3, 0.4) is 0 Å². The van der Waals surface area contributed by atoms with E-state index in [2.05, 4.69) is 80.4 Å². The molecule has 1 unspecified atom stereocenters. The molecule has 0 heterocycles. The predicted molar refractivity (Wildman–Crippen MR) is 102 cm³/mol. The molecule has 0 saturated carbocycles. The van der Waals surface area contributed by atoms with Gasteiger partial charge in [-0.3, -0.25) is 0 Å². The van der Waals surface area contributed by atoms with Crippen LogP contribution in [0.4, 0.5) is 0 Å². The lowest BCUT2D eigenvalue weighted by atomic mass is 9.96. The molecule has 0 fully saturated rings. The predicted octanol–water partition coefficient (Wildman–Crippen LogP) is 5.96. The summed E-state index contributed by atoms with van der Waals surface area (Å²) in [5, 5.41) is 0. The molecule has 1 heteroatoms. The van der Waals surface area contributed by atoms with Gasteiger partial charge in [0.1, 0.15) is 0 Å². The maximum atomic E-state index is 2.50. The first-order valence-electron chi connectivity index (χ1n) is 9.09. The topological polar surface area (TPSA) is 3.24 Å². The van der Waals surface area contributed by atoms with Crippen LogP contribution in [0.2, 0.25) is 0 Å². The summed E-state index contributed by atoms with van der Waals surface area (Å²) in [7, 11) is 0. The van der Waals surface area contributed by atoms with Gasteiger partial charge in [0.2, 0.25) is 0 Å². The first-order chi connectivity index (χ1) is 11.2. The Kier molecular flexibility index (Phi) is 7.19. The first kappa shape index (κ1) is 17.6. The van der Waals surface area contributed by atoms with Crippen LogP contribution in [0, 0.1) is 5.92 Å². The highest BCUT2D eigenvalue weighted by Crippen LogP contribution is 2.22. The van der Waals surface area contributed by atoms with E-state index in [0.717, 1.165) is 25.9 Å². The highest BCUT2D eigenvalue weighted by Gasteiger charge is 2.10. The molecule has 0 aromatic rings. The average Bonchev–Trinajstić information content (AvgIpc) is 2.96. The van der Waals surface area contributed by atoms with Crippen molar-refractivity contribution in [3.8, 4) is 0 Å². The van der Waals surface area contributed by atoms with Crippen LogP contribution in [-0.2, 0) is 0 Å². The van der Waals surface area contributed by atoms with Crippen LogP contribution in [0.1, 0.15) is 46.5 Å². The number of nitrogens with zero attached hydrogens (tertiary/aromatic N) is 1. The fraction of sp³-hybridized carbons (Fsp3) is 0.455. The second kappa shape index (κ2) is 9.39. The van der Waals surface area contributed by atoms with Gasteiger partial charge in [0.25, 0.3) is 0 Å². The van der Waals surface area contributed by atoms with Crippen LogP contribution in [0.5, 0.6) is 0 Å². The summed E-state index contributed by atoms with van der Waals surface area (Å²) in [5.74, 6) is 0.681. The molecule has 2 aliphatic rings. The molecule has 1 atom stereocenters. The molecule has 0 aromatic heterocycles. The van der Waals surface area contributed by atoms with Crippen molar-refractivity contribution in [3.63, 3.8) is 0 Å². The van der Waals surface area contributed by atoms with Crippen LogP contribution in [0.15, 0.2) is 71.5 Å². The molecule has 0 aliphatic heterocycles. The third-order valence-corrected chi connectivity index (χ3v) is 4.65. The first-order valence-corrected chi connectivity index (χ1v) is 9.09. The fourth-order valence-corrected chi connectivity index (χ4v) is 3.01. The van der Waals surface area contributed by atoms with Crippen molar-refractivity contribution < 1.29 is 0 Å². The van der Waals surface area contributed by atoms with Gasteiger partial charge in [-0.25, -0.2) is 0 Å². The van der Waals surface area contributed by atoms with Crippen molar-refractivity contribution in [2.75, 3.05) is 13.1 Å². The summed E-state index contributed by atoms with van der Waals surface area (Å²) in [6.07, 6.45) is 24.9. The third kappa shape index (κ3) is 5.42. The minimum Gasteiger partial charge on any atom is -0.367 e. The molecule has 2 aliphatic carbocycles. The molecule has 0 saturated heterocycles. The zero-order valence-electron chi connectivity index (χ0n) is 15.0. The molecular weight excluding hydrogens is 278 g/mol. The lowest BCUT2D eigenvalue weighted by Gasteiger charge is -2.26. The van der Waals surface area contributed by atoms with E-state index in [0.29, 0.717) is 5.92 Å². The van der Waals surface area contributed by atoms with E-state index in [1.807, 2.05) is 0 Å². The Morgan fingerprint density at radius 1 is 1.09 bits per heavy atom. The number of hydrogen-bond acceptors (Lipinski definition) is 1.